The number of guanidine groups is 1. The molecule has 1 saturated carbocycles. The minimum atomic E-state index is -0.208. The highest BCUT2D eigenvalue weighted by Crippen LogP contribution is 2.34. The topological polar surface area (TPSA) is 36.4 Å². The van der Waals surface area contributed by atoms with Crippen molar-refractivity contribution in [1.29, 1.82) is 0 Å². The van der Waals surface area contributed by atoms with Gasteiger partial charge in [-0.2, -0.15) is 0 Å². The lowest BCUT2D eigenvalue weighted by molar-refractivity contribution is 0.625. The van der Waals surface area contributed by atoms with E-state index in [9.17, 15) is 4.39 Å². The van der Waals surface area contributed by atoms with Gasteiger partial charge in [0.15, 0.2) is 5.96 Å². The van der Waals surface area contributed by atoms with Crippen LogP contribution < -0.4 is 10.6 Å². The van der Waals surface area contributed by atoms with Crippen LogP contribution in [0.4, 0.5) is 4.39 Å². The van der Waals surface area contributed by atoms with Crippen molar-refractivity contribution in [2.24, 2.45) is 10.9 Å². The summed E-state index contributed by atoms with van der Waals surface area (Å²) in [7, 11) is 0. The Kier molecular flexibility index (Phi) is 5.39. The molecule has 4 heteroatoms. The number of hydrogen-bond donors (Lipinski definition) is 2. The van der Waals surface area contributed by atoms with Crippen molar-refractivity contribution in [2.75, 3.05) is 6.54 Å². The number of nitrogens with zero attached hydrogens (tertiary/aromatic N) is 1. The molecule has 1 aliphatic carbocycles. The van der Waals surface area contributed by atoms with Gasteiger partial charge < -0.3 is 10.6 Å². The Labute approximate surface area is 120 Å². The molecule has 2 rings (SSSR count). The second-order valence-electron chi connectivity index (χ2n) is 5.36. The lowest BCUT2D eigenvalue weighted by Crippen LogP contribution is -2.39. The van der Waals surface area contributed by atoms with Gasteiger partial charge in [0, 0.05) is 12.6 Å². The van der Waals surface area contributed by atoms with Crippen LogP contribution in [0.15, 0.2) is 29.3 Å². The first-order chi connectivity index (χ1) is 9.72. The largest absolute Gasteiger partial charge is 0.357 e. The summed E-state index contributed by atoms with van der Waals surface area (Å²) in [4.78, 5) is 4.53. The van der Waals surface area contributed by atoms with Crippen LogP contribution in [0.1, 0.15) is 38.7 Å². The third kappa shape index (κ3) is 4.51. The molecule has 20 heavy (non-hydrogen) atoms. The number of nitrogens with one attached hydrogen (secondary N) is 2. The number of benzene rings is 1. The summed E-state index contributed by atoms with van der Waals surface area (Å²) < 4.78 is 13.1. The van der Waals surface area contributed by atoms with Gasteiger partial charge in [-0.15, -0.1) is 0 Å². The number of aliphatic imine (C=N–C) groups is 1. The molecule has 0 spiro atoms. The fraction of sp³-hybridized carbons (Fsp3) is 0.562. The molecule has 0 amide bonds. The van der Waals surface area contributed by atoms with Crippen LogP contribution in [-0.4, -0.2) is 18.5 Å². The van der Waals surface area contributed by atoms with Gasteiger partial charge in [0.2, 0.25) is 0 Å². The molecule has 0 bridgehead atoms. The van der Waals surface area contributed by atoms with Crippen LogP contribution >= 0.6 is 0 Å². The molecule has 2 atom stereocenters. The Morgan fingerprint density at radius 3 is 2.95 bits per heavy atom. The van der Waals surface area contributed by atoms with E-state index in [0.29, 0.717) is 12.6 Å². The molecule has 3 nitrogen and oxygen atoms in total. The Bertz CT molecular complexity index is 459. The van der Waals surface area contributed by atoms with Crippen LogP contribution in [0.2, 0.25) is 0 Å². The molecule has 0 radical (unpaired) electrons. The standard InChI is InChI=1S/C16H24FN3/c1-3-6-13-10-15(13)20-16(18-4-2)19-11-12-7-5-8-14(17)9-12/h5,7-9,13,15H,3-4,6,10-11H2,1-2H3,(H2,18,19,20). The van der Waals surface area contributed by atoms with Gasteiger partial charge in [0.1, 0.15) is 5.82 Å². The molecule has 1 aliphatic rings. The maximum absolute atomic E-state index is 13.1. The van der Waals surface area contributed by atoms with E-state index in [-0.39, 0.29) is 5.82 Å². The minimum absolute atomic E-state index is 0.208. The zero-order valence-electron chi connectivity index (χ0n) is 12.3. The summed E-state index contributed by atoms with van der Waals surface area (Å²) in [5, 5.41) is 6.70. The van der Waals surface area contributed by atoms with Crippen LogP contribution in [0.3, 0.4) is 0 Å². The average molecular weight is 277 g/mol. The highest BCUT2D eigenvalue weighted by Gasteiger charge is 2.36. The Balaban J connectivity index is 1.89. The smallest absolute Gasteiger partial charge is 0.191 e. The van der Waals surface area contributed by atoms with Crippen molar-refractivity contribution >= 4 is 5.96 Å². The average Bonchev–Trinajstić information content (AvgIpc) is 3.15. The van der Waals surface area contributed by atoms with E-state index in [1.54, 1.807) is 6.07 Å². The van der Waals surface area contributed by atoms with Crippen molar-refractivity contribution in [1.82, 2.24) is 10.6 Å². The van der Waals surface area contributed by atoms with Gasteiger partial charge in [-0.3, -0.25) is 0 Å². The van der Waals surface area contributed by atoms with Gasteiger partial charge in [0.05, 0.1) is 6.54 Å². The fourth-order valence-corrected chi connectivity index (χ4v) is 2.42. The van der Waals surface area contributed by atoms with Gasteiger partial charge in [-0.25, -0.2) is 9.38 Å². The zero-order valence-corrected chi connectivity index (χ0v) is 12.3. The van der Waals surface area contributed by atoms with Crippen LogP contribution in [0, 0.1) is 11.7 Å². The lowest BCUT2D eigenvalue weighted by Gasteiger charge is -2.11. The molecule has 0 saturated heterocycles. The first-order valence-corrected chi connectivity index (χ1v) is 7.52. The summed E-state index contributed by atoms with van der Waals surface area (Å²) in [5.74, 6) is 1.42. The number of rotatable bonds is 6. The van der Waals surface area contributed by atoms with E-state index in [2.05, 4.69) is 29.5 Å². The summed E-state index contributed by atoms with van der Waals surface area (Å²) >= 11 is 0. The van der Waals surface area contributed by atoms with Gasteiger partial charge in [0.25, 0.3) is 0 Å². The summed E-state index contributed by atoms with van der Waals surface area (Å²) in [6.07, 6.45) is 3.75. The molecular weight excluding hydrogens is 253 g/mol. The highest BCUT2D eigenvalue weighted by atomic mass is 19.1. The van der Waals surface area contributed by atoms with Crippen molar-refractivity contribution in [3.05, 3.63) is 35.6 Å². The SMILES string of the molecule is CCCC1CC1NC(=NCc1cccc(F)c1)NCC. The molecule has 1 fully saturated rings. The molecule has 2 N–H and O–H groups in total. The van der Waals surface area contributed by atoms with Gasteiger partial charge in [-0.05, 0) is 43.4 Å². The molecule has 0 aromatic heterocycles. The van der Waals surface area contributed by atoms with E-state index in [4.69, 9.17) is 0 Å². The van der Waals surface area contributed by atoms with E-state index in [1.165, 1.54) is 31.4 Å². The molecule has 0 heterocycles. The van der Waals surface area contributed by atoms with E-state index >= 15 is 0 Å². The maximum Gasteiger partial charge on any atom is 0.191 e. The lowest BCUT2D eigenvalue weighted by atomic mass is 10.2. The summed E-state index contributed by atoms with van der Waals surface area (Å²) in [6, 6.07) is 7.16. The molecule has 110 valence electrons. The predicted octanol–water partition coefficient (Wildman–Crippen LogP) is 3.07. The van der Waals surface area contributed by atoms with Gasteiger partial charge in [-0.1, -0.05) is 25.5 Å². The van der Waals surface area contributed by atoms with Crippen LogP contribution in [0.5, 0.6) is 0 Å². The minimum Gasteiger partial charge on any atom is -0.357 e. The van der Waals surface area contributed by atoms with Crippen LogP contribution in [0.25, 0.3) is 0 Å². The summed E-state index contributed by atoms with van der Waals surface area (Å²) in [6.45, 7) is 5.60. The third-order valence-corrected chi connectivity index (χ3v) is 3.56. The van der Waals surface area contributed by atoms with E-state index < -0.39 is 0 Å². The molecule has 0 aliphatic heterocycles. The first-order valence-electron chi connectivity index (χ1n) is 7.52. The van der Waals surface area contributed by atoms with E-state index in [0.717, 1.165) is 24.0 Å². The van der Waals surface area contributed by atoms with Crippen LogP contribution in [-0.2, 0) is 6.54 Å². The normalized spacial score (nSPS) is 21.6. The molecule has 1 aromatic carbocycles. The van der Waals surface area contributed by atoms with Gasteiger partial charge >= 0.3 is 0 Å². The molecule has 2 unspecified atom stereocenters. The predicted molar refractivity (Wildman–Crippen MR) is 81.2 cm³/mol. The zero-order chi connectivity index (χ0) is 14.4. The summed E-state index contributed by atoms with van der Waals surface area (Å²) in [5.41, 5.74) is 0.892. The number of halogens is 1. The Morgan fingerprint density at radius 2 is 2.25 bits per heavy atom. The molecule has 1 aromatic rings. The fourth-order valence-electron chi connectivity index (χ4n) is 2.42. The van der Waals surface area contributed by atoms with Crippen molar-refractivity contribution in [3.63, 3.8) is 0 Å². The first kappa shape index (κ1) is 14.8. The third-order valence-electron chi connectivity index (χ3n) is 3.56. The second kappa shape index (κ2) is 7.27. The highest BCUT2D eigenvalue weighted by molar-refractivity contribution is 5.80. The van der Waals surface area contributed by atoms with E-state index in [1.807, 2.05) is 6.07 Å². The van der Waals surface area contributed by atoms with Crippen molar-refractivity contribution in [3.8, 4) is 0 Å². The second-order valence-corrected chi connectivity index (χ2v) is 5.36. The Morgan fingerprint density at radius 1 is 1.40 bits per heavy atom. The Hall–Kier alpha value is -1.58. The van der Waals surface area contributed by atoms with Crippen molar-refractivity contribution in [2.45, 2.75) is 45.7 Å². The number of hydrogen-bond acceptors (Lipinski definition) is 1. The quantitative estimate of drug-likeness (QED) is 0.619. The van der Waals surface area contributed by atoms with Crippen molar-refractivity contribution < 1.29 is 4.39 Å². The molecular formula is C16H24FN3. The monoisotopic (exact) mass is 277 g/mol. The maximum atomic E-state index is 13.1.